The number of benzene rings is 1. The highest BCUT2D eigenvalue weighted by molar-refractivity contribution is 9.10. The fourth-order valence-electron chi connectivity index (χ4n) is 6.20. The van der Waals surface area contributed by atoms with Crippen LogP contribution in [0.5, 0.6) is 5.75 Å². The number of aliphatic hydroxyl groups excluding tert-OH is 2. The summed E-state index contributed by atoms with van der Waals surface area (Å²) in [5.41, 5.74) is 3.07. The van der Waals surface area contributed by atoms with E-state index in [9.17, 15) is 29.7 Å². The first kappa shape index (κ1) is 33.0. The highest BCUT2D eigenvalue weighted by Gasteiger charge is 2.54. The van der Waals surface area contributed by atoms with E-state index in [1.54, 1.807) is 12.1 Å². The summed E-state index contributed by atoms with van der Waals surface area (Å²) in [7, 11) is 1.54. The van der Waals surface area contributed by atoms with Crippen molar-refractivity contribution in [3.05, 3.63) is 45.0 Å². The predicted molar refractivity (Wildman–Crippen MR) is 158 cm³/mol. The number of unbranched alkanes of at least 4 members (excludes halogenated alkanes) is 2. The molecule has 3 rings (SSSR count). The van der Waals surface area contributed by atoms with Crippen molar-refractivity contribution in [2.45, 2.75) is 70.8 Å². The molecule has 2 aliphatic rings. The van der Waals surface area contributed by atoms with Crippen LogP contribution in [0.1, 0.15) is 70.3 Å². The van der Waals surface area contributed by atoms with E-state index in [0.717, 1.165) is 28.5 Å². The molecule has 10 heteroatoms. The van der Waals surface area contributed by atoms with E-state index >= 15 is 0 Å². The molecule has 1 saturated heterocycles. The number of allylic oxidation sites excluding steroid dienone is 1. The van der Waals surface area contributed by atoms with Crippen LogP contribution in [0.3, 0.4) is 0 Å². The summed E-state index contributed by atoms with van der Waals surface area (Å²) >= 11 is 3.44. The number of likely N-dealkylation sites (tertiary alicyclic amines) is 1. The Kier molecular flexibility index (Phi) is 12.6. The lowest BCUT2D eigenvalue weighted by atomic mass is 9.68. The van der Waals surface area contributed by atoms with Gasteiger partial charge in [-0.1, -0.05) is 47.3 Å². The molecule has 0 saturated carbocycles. The summed E-state index contributed by atoms with van der Waals surface area (Å²) in [5, 5.41) is 41.1. The largest absolute Gasteiger partial charge is 0.507 e. The fraction of sp³-hybridized carbons (Fsp3) is 0.581. The number of methoxy groups -OCH3 is 1. The standard InChI is InChI=1S/C31H42BrNO8/c1-3-7-19(14-20-15-22(32)10-12-25(20)35)9-11-26(36)28-21(18-41-2)16-23-29(24(28)17-34)31(40)33(30(23)39)13-6-4-5-8-27(37)38/h10,12,14-15,23-24,26,29,34-36H,3-9,11,13,16-18H2,1-2H3,(H,37,38)/b19-14+/t23-,24+,26-,29-/m1/s1. The van der Waals surface area contributed by atoms with Crippen LogP contribution < -0.4 is 0 Å². The third kappa shape index (κ3) is 8.28. The molecule has 226 valence electrons. The predicted octanol–water partition coefficient (Wildman–Crippen LogP) is 4.68. The molecule has 1 aliphatic carbocycles. The van der Waals surface area contributed by atoms with Crippen LogP contribution in [-0.4, -0.2) is 76.1 Å². The number of hydrogen-bond donors (Lipinski definition) is 4. The number of fused-ring (bicyclic) bond motifs is 1. The molecule has 1 aromatic rings. The van der Waals surface area contributed by atoms with Crippen molar-refractivity contribution < 1.29 is 39.5 Å². The molecule has 0 spiro atoms. The van der Waals surface area contributed by atoms with Crippen molar-refractivity contribution in [2.24, 2.45) is 17.8 Å². The van der Waals surface area contributed by atoms with Crippen LogP contribution in [-0.2, 0) is 19.1 Å². The van der Waals surface area contributed by atoms with Gasteiger partial charge in [0.1, 0.15) is 5.75 Å². The molecule has 9 nitrogen and oxygen atoms in total. The molecule has 1 fully saturated rings. The second-order valence-corrected chi connectivity index (χ2v) is 11.9. The Morgan fingerprint density at radius 2 is 1.93 bits per heavy atom. The Hall–Kier alpha value is -2.53. The van der Waals surface area contributed by atoms with Gasteiger partial charge in [-0.05, 0) is 67.9 Å². The third-order valence-corrected chi connectivity index (χ3v) is 8.57. The van der Waals surface area contributed by atoms with E-state index in [1.807, 2.05) is 12.1 Å². The van der Waals surface area contributed by atoms with Gasteiger partial charge in [0.2, 0.25) is 11.8 Å². The van der Waals surface area contributed by atoms with Crippen LogP contribution in [0.25, 0.3) is 6.08 Å². The minimum absolute atomic E-state index is 0.0461. The van der Waals surface area contributed by atoms with Gasteiger partial charge in [-0.15, -0.1) is 0 Å². The zero-order chi connectivity index (χ0) is 30.1. The number of carbonyl (C=O) groups excluding carboxylic acids is 2. The van der Waals surface area contributed by atoms with E-state index in [-0.39, 0.29) is 50.2 Å². The summed E-state index contributed by atoms with van der Waals surface area (Å²) in [5.74, 6) is -3.38. The van der Waals surface area contributed by atoms with Crippen molar-refractivity contribution in [3.63, 3.8) is 0 Å². The van der Waals surface area contributed by atoms with Gasteiger partial charge in [0.05, 0.1) is 31.2 Å². The zero-order valence-electron chi connectivity index (χ0n) is 23.9. The minimum atomic E-state index is -0.942. The SMILES string of the molecule is CCC/C(=C\c1cc(Br)ccc1O)CC[C@@H](O)C1=C(COC)C[C@H]2C(=O)N(CCCCCC(=O)O)C(=O)[C@H]2[C@H]1CO. The van der Waals surface area contributed by atoms with Gasteiger partial charge >= 0.3 is 5.97 Å². The van der Waals surface area contributed by atoms with Gasteiger partial charge in [-0.2, -0.15) is 0 Å². The highest BCUT2D eigenvalue weighted by atomic mass is 79.9. The topological polar surface area (TPSA) is 145 Å². The number of carbonyl (C=O) groups is 3. The molecule has 4 atom stereocenters. The molecule has 1 aliphatic heterocycles. The number of carboxylic acids is 1. The third-order valence-electron chi connectivity index (χ3n) is 8.08. The van der Waals surface area contributed by atoms with Crippen LogP contribution in [0, 0.1) is 17.8 Å². The van der Waals surface area contributed by atoms with Crippen molar-refractivity contribution >= 4 is 39.8 Å². The molecular weight excluding hydrogens is 594 g/mol. The first-order valence-corrected chi connectivity index (χ1v) is 15.2. The van der Waals surface area contributed by atoms with Crippen molar-refractivity contribution in [3.8, 4) is 5.75 Å². The molecule has 0 aromatic heterocycles. The number of aromatic hydroxyl groups is 1. The number of aliphatic hydroxyl groups is 2. The lowest BCUT2D eigenvalue weighted by molar-refractivity contribution is -0.141. The molecule has 1 heterocycles. The number of aliphatic carboxylic acids is 1. The number of carboxylic acid groups (broad SMARTS) is 1. The Morgan fingerprint density at radius 1 is 1.17 bits per heavy atom. The van der Waals surface area contributed by atoms with E-state index in [4.69, 9.17) is 9.84 Å². The maximum atomic E-state index is 13.5. The number of ether oxygens (including phenoxy) is 1. The number of hydrogen-bond acceptors (Lipinski definition) is 7. The zero-order valence-corrected chi connectivity index (χ0v) is 25.4. The minimum Gasteiger partial charge on any atom is -0.507 e. The molecule has 0 bridgehead atoms. The number of rotatable bonds is 16. The number of nitrogens with zero attached hydrogens (tertiary/aromatic N) is 1. The number of phenols is 1. The van der Waals surface area contributed by atoms with Gasteiger partial charge in [-0.3, -0.25) is 19.3 Å². The molecular formula is C31H42BrNO8. The molecule has 0 unspecified atom stereocenters. The summed E-state index contributed by atoms with van der Waals surface area (Å²) in [6, 6.07) is 5.23. The van der Waals surface area contributed by atoms with Crippen molar-refractivity contribution in [2.75, 3.05) is 26.9 Å². The summed E-state index contributed by atoms with van der Waals surface area (Å²) in [6.07, 6.45) is 5.48. The van der Waals surface area contributed by atoms with Gasteiger partial charge in [0.15, 0.2) is 0 Å². The van der Waals surface area contributed by atoms with Crippen LogP contribution in [0.4, 0.5) is 0 Å². The average molecular weight is 637 g/mol. The van der Waals surface area contributed by atoms with E-state index in [2.05, 4.69) is 22.9 Å². The lowest BCUT2D eigenvalue weighted by Crippen LogP contribution is -2.39. The van der Waals surface area contributed by atoms with E-state index < -0.39 is 29.8 Å². The molecule has 41 heavy (non-hydrogen) atoms. The Bertz CT molecular complexity index is 1160. The quantitative estimate of drug-likeness (QED) is 0.116. The number of amides is 2. The Balaban J connectivity index is 1.79. The molecule has 4 N–H and O–H groups in total. The maximum Gasteiger partial charge on any atom is 0.303 e. The van der Waals surface area contributed by atoms with Gasteiger partial charge in [0, 0.05) is 36.0 Å². The Labute approximate surface area is 250 Å². The first-order chi connectivity index (χ1) is 19.6. The monoisotopic (exact) mass is 635 g/mol. The van der Waals surface area contributed by atoms with Crippen molar-refractivity contribution in [1.82, 2.24) is 4.90 Å². The maximum absolute atomic E-state index is 13.5. The number of phenolic OH excluding ortho intramolecular Hbond substituents is 1. The van der Waals surface area contributed by atoms with E-state index in [1.165, 1.54) is 12.0 Å². The summed E-state index contributed by atoms with van der Waals surface area (Å²) < 4.78 is 6.27. The lowest BCUT2D eigenvalue weighted by Gasteiger charge is -2.36. The second-order valence-electron chi connectivity index (χ2n) is 11.0. The fourth-order valence-corrected chi connectivity index (χ4v) is 6.58. The van der Waals surface area contributed by atoms with Crippen LogP contribution in [0.15, 0.2) is 39.4 Å². The smallest absolute Gasteiger partial charge is 0.303 e. The van der Waals surface area contributed by atoms with Crippen molar-refractivity contribution in [1.29, 1.82) is 0 Å². The van der Waals surface area contributed by atoms with Crippen LogP contribution in [0.2, 0.25) is 0 Å². The van der Waals surface area contributed by atoms with E-state index in [0.29, 0.717) is 43.2 Å². The van der Waals surface area contributed by atoms with Gasteiger partial charge in [0.25, 0.3) is 0 Å². The second kappa shape index (κ2) is 15.6. The van der Waals surface area contributed by atoms with Gasteiger partial charge < -0.3 is 25.2 Å². The number of halogens is 1. The molecule has 0 radical (unpaired) electrons. The van der Waals surface area contributed by atoms with Gasteiger partial charge in [-0.25, -0.2) is 0 Å². The molecule has 2 amide bonds. The normalized spacial score (nSPS) is 21.9. The average Bonchev–Trinajstić information content (AvgIpc) is 3.17. The molecule has 1 aromatic carbocycles. The Morgan fingerprint density at radius 3 is 2.59 bits per heavy atom. The summed E-state index contributed by atoms with van der Waals surface area (Å²) in [4.78, 5) is 38.8. The number of imide groups is 1. The first-order valence-electron chi connectivity index (χ1n) is 14.4. The van der Waals surface area contributed by atoms with Crippen LogP contribution >= 0.6 is 15.9 Å². The highest BCUT2D eigenvalue weighted by Crippen LogP contribution is 2.46. The summed E-state index contributed by atoms with van der Waals surface area (Å²) in [6.45, 7) is 2.09.